The molecule has 1 rings (SSSR count). The number of nitrogens with one attached hydrogen (secondary N) is 1. The van der Waals surface area contributed by atoms with E-state index in [1.54, 1.807) is 0 Å². The third-order valence-electron chi connectivity index (χ3n) is 1.68. The number of piperidine rings is 1. The Kier molecular flexibility index (Phi) is 2.56. The van der Waals surface area contributed by atoms with Gasteiger partial charge in [-0.2, -0.15) is 0 Å². The Bertz CT molecular complexity index is 64.9. The van der Waals surface area contributed by atoms with Crippen LogP contribution in [0.4, 0.5) is 0 Å². The van der Waals surface area contributed by atoms with Crippen molar-refractivity contribution in [3.05, 3.63) is 0 Å². The van der Waals surface area contributed by atoms with E-state index in [9.17, 15) is 0 Å². The maximum Gasteiger partial charge on any atom is 0.0159 e. The van der Waals surface area contributed by atoms with E-state index in [0.717, 1.165) is 9.84 Å². The predicted octanol–water partition coefficient (Wildman–Crippen LogP) is 1.42. The smallest absolute Gasteiger partial charge is 0.0159 e. The average molecular weight is 225 g/mol. The molecule has 8 heavy (non-hydrogen) atoms. The number of alkyl halides is 1. The molecule has 0 aromatic carbocycles. The summed E-state index contributed by atoms with van der Waals surface area (Å²) < 4.78 is 0.911. The highest BCUT2D eigenvalue weighted by Crippen LogP contribution is 2.18. The number of rotatable bonds is 0. The summed E-state index contributed by atoms with van der Waals surface area (Å²) in [5.41, 5.74) is 0. The summed E-state index contributed by atoms with van der Waals surface area (Å²) >= 11 is 2.54. The van der Waals surface area contributed by atoms with E-state index >= 15 is 0 Å². The summed E-state index contributed by atoms with van der Waals surface area (Å²) in [4.78, 5) is 0. The molecule has 1 heterocycles. The quantitative estimate of drug-likeness (QED) is 0.485. The minimum Gasteiger partial charge on any atom is -0.316 e. The lowest BCUT2D eigenvalue weighted by atomic mass is 10.0. The van der Waals surface area contributed by atoms with E-state index in [4.69, 9.17) is 0 Å². The van der Waals surface area contributed by atoms with Gasteiger partial charge < -0.3 is 5.32 Å². The Balaban J connectivity index is 2.28. The van der Waals surface area contributed by atoms with Crippen molar-refractivity contribution in [2.45, 2.75) is 17.3 Å². The monoisotopic (exact) mass is 225 g/mol. The first-order valence-electron chi connectivity index (χ1n) is 3.15. The topological polar surface area (TPSA) is 12.0 Å². The van der Waals surface area contributed by atoms with Gasteiger partial charge in [-0.1, -0.05) is 29.5 Å². The molecule has 2 atom stereocenters. The minimum absolute atomic E-state index is 0.879. The second-order valence-corrected chi connectivity index (χ2v) is 4.09. The fourth-order valence-electron chi connectivity index (χ4n) is 0.982. The summed E-state index contributed by atoms with van der Waals surface area (Å²) in [7, 11) is 0. The normalized spacial score (nSPS) is 39.8. The van der Waals surface area contributed by atoms with Gasteiger partial charge in [0.15, 0.2) is 0 Å². The van der Waals surface area contributed by atoms with Crippen LogP contribution in [0, 0.1) is 5.92 Å². The van der Waals surface area contributed by atoms with Crippen molar-refractivity contribution in [3.8, 4) is 0 Å². The largest absolute Gasteiger partial charge is 0.316 e. The van der Waals surface area contributed by atoms with Crippen LogP contribution in [-0.4, -0.2) is 17.0 Å². The lowest BCUT2D eigenvalue weighted by Gasteiger charge is -2.24. The highest BCUT2D eigenvalue weighted by molar-refractivity contribution is 14.1. The van der Waals surface area contributed by atoms with E-state index in [-0.39, 0.29) is 0 Å². The lowest BCUT2D eigenvalue weighted by Crippen LogP contribution is -2.35. The van der Waals surface area contributed by atoms with Gasteiger partial charge in [0.25, 0.3) is 0 Å². The Morgan fingerprint density at radius 3 is 2.75 bits per heavy atom. The maximum atomic E-state index is 3.36. The highest BCUT2D eigenvalue weighted by Gasteiger charge is 2.16. The first kappa shape index (κ1) is 6.81. The van der Waals surface area contributed by atoms with Gasteiger partial charge in [0.1, 0.15) is 0 Å². The van der Waals surface area contributed by atoms with Gasteiger partial charge in [-0.3, -0.25) is 0 Å². The molecule has 1 aliphatic rings. The standard InChI is InChI=1S/C6H12IN/c1-5-4-8-3-2-6(5)7/h5-6,8H,2-4H2,1H3/t5-,6-/m0/s1. The van der Waals surface area contributed by atoms with E-state index in [0.29, 0.717) is 0 Å². The molecule has 48 valence electrons. The fourth-order valence-corrected chi connectivity index (χ4v) is 1.55. The van der Waals surface area contributed by atoms with Gasteiger partial charge in [-0.25, -0.2) is 0 Å². The molecule has 0 unspecified atom stereocenters. The second-order valence-electron chi connectivity index (χ2n) is 2.49. The van der Waals surface area contributed by atoms with Crippen LogP contribution in [0.2, 0.25) is 0 Å². The number of hydrogen-bond donors (Lipinski definition) is 1. The summed E-state index contributed by atoms with van der Waals surface area (Å²) in [6.07, 6.45) is 1.35. The van der Waals surface area contributed by atoms with Crippen LogP contribution in [0.25, 0.3) is 0 Å². The molecule has 2 heteroatoms. The fraction of sp³-hybridized carbons (Fsp3) is 1.00. The van der Waals surface area contributed by atoms with E-state index < -0.39 is 0 Å². The van der Waals surface area contributed by atoms with Crippen LogP contribution in [0.3, 0.4) is 0 Å². The lowest BCUT2D eigenvalue weighted by molar-refractivity contribution is 0.428. The summed E-state index contributed by atoms with van der Waals surface area (Å²) in [5, 5.41) is 3.36. The van der Waals surface area contributed by atoms with E-state index in [2.05, 4.69) is 34.8 Å². The zero-order valence-electron chi connectivity index (χ0n) is 5.15. The van der Waals surface area contributed by atoms with E-state index in [1.807, 2.05) is 0 Å². The molecule has 1 aliphatic heterocycles. The van der Waals surface area contributed by atoms with Gasteiger partial charge in [0.2, 0.25) is 0 Å². The van der Waals surface area contributed by atoms with Gasteiger partial charge in [-0.05, 0) is 25.4 Å². The van der Waals surface area contributed by atoms with Crippen LogP contribution in [-0.2, 0) is 0 Å². The van der Waals surface area contributed by atoms with Gasteiger partial charge in [0, 0.05) is 3.92 Å². The van der Waals surface area contributed by atoms with Crippen molar-refractivity contribution in [2.24, 2.45) is 5.92 Å². The second kappa shape index (κ2) is 3.01. The van der Waals surface area contributed by atoms with Crippen LogP contribution in [0.15, 0.2) is 0 Å². The first-order valence-corrected chi connectivity index (χ1v) is 4.40. The van der Waals surface area contributed by atoms with Crippen LogP contribution >= 0.6 is 22.6 Å². The molecule has 0 aromatic rings. The zero-order chi connectivity index (χ0) is 5.98. The Hall–Kier alpha value is 0.690. The molecule has 0 saturated carbocycles. The molecular formula is C6H12IN. The van der Waals surface area contributed by atoms with E-state index in [1.165, 1.54) is 19.5 Å². The molecule has 1 nitrogen and oxygen atoms in total. The van der Waals surface area contributed by atoms with Crippen molar-refractivity contribution >= 4 is 22.6 Å². The molecule has 1 N–H and O–H groups in total. The average Bonchev–Trinajstić information content (AvgIpc) is 1.77. The predicted molar refractivity (Wildman–Crippen MR) is 44.5 cm³/mol. The van der Waals surface area contributed by atoms with Crippen LogP contribution in [0.5, 0.6) is 0 Å². The molecule has 0 aliphatic carbocycles. The molecule has 1 saturated heterocycles. The van der Waals surface area contributed by atoms with Crippen molar-refractivity contribution in [3.63, 3.8) is 0 Å². The summed E-state index contributed by atoms with van der Waals surface area (Å²) in [5.74, 6) is 0.879. The maximum absolute atomic E-state index is 3.36. The molecule has 0 amide bonds. The van der Waals surface area contributed by atoms with Crippen LogP contribution in [0.1, 0.15) is 13.3 Å². The zero-order valence-corrected chi connectivity index (χ0v) is 7.31. The van der Waals surface area contributed by atoms with Crippen molar-refractivity contribution < 1.29 is 0 Å². The van der Waals surface area contributed by atoms with Crippen molar-refractivity contribution in [1.82, 2.24) is 5.32 Å². The molecule has 0 aromatic heterocycles. The SMILES string of the molecule is C[C@H]1CNCC[C@@H]1I. The molecule has 1 fully saturated rings. The van der Waals surface area contributed by atoms with Crippen LogP contribution < -0.4 is 5.32 Å². The summed E-state index contributed by atoms with van der Waals surface area (Å²) in [6.45, 7) is 4.74. The Morgan fingerprint density at radius 2 is 2.38 bits per heavy atom. The first-order chi connectivity index (χ1) is 3.80. The minimum atomic E-state index is 0.879. The molecule has 0 radical (unpaired) electrons. The molecule has 0 spiro atoms. The number of halogens is 1. The third kappa shape index (κ3) is 1.58. The molecular weight excluding hydrogens is 213 g/mol. The van der Waals surface area contributed by atoms with Gasteiger partial charge in [-0.15, -0.1) is 0 Å². The van der Waals surface area contributed by atoms with Crippen molar-refractivity contribution in [2.75, 3.05) is 13.1 Å². The number of hydrogen-bond acceptors (Lipinski definition) is 1. The Morgan fingerprint density at radius 1 is 1.62 bits per heavy atom. The summed E-state index contributed by atoms with van der Waals surface area (Å²) in [6, 6.07) is 0. The van der Waals surface area contributed by atoms with Gasteiger partial charge in [0.05, 0.1) is 0 Å². The Labute approximate surface area is 64.4 Å². The van der Waals surface area contributed by atoms with Gasteiger partial charge >= 0.3 is 0 Å². The van der Waals surface area contributed by atoms with Crippen molar-refractivity contribution in [1.29, 1.82) is 0 Å². The highest BCUT2D eigenvalue weighted by atomic mass is 127. The molecule has 0 bridgehead atoms. The third-order valence-corrected chi connectivity index (χ3v) is 3.53.